The number of nitrogens with zero attached hydrogens (tertiary/aromatic N) is 3. The summed E-state index contributed by atoms with van der Waals surface area (Å²) in [6, 6.07) is 9.83. The molecule has 8 nitrogen and oxygen atoms in total. The van der Waals surface area contributed by atoms with E-state index in [9.17, 15) is 18.0 Å². The lowest BCUT2D eigenvalue weighted by Crippen LogP contribution is -2.51. The Hall–Kier alpha value is -2.78. The van der Waals surface area contributed by atoms with Gasteiger partial charge in [-0.15, -0.1) is 0 Å². The van der Waals surface area contributed by atoms with Gasteiger partial charge in [0.05, 0.1) is 10.5 Å². The quantitative estimate of drug-likeness (QED) is 0.693. The molecule has 148 valence electrons. The number of esters is 1. The molecule has 0 unspecified atom stereocenters. The molecule has 1 aliphatic rings. The molecule has 0 radical (unpaired) electrons. The number of piperazine rings is 1. The monoisotopic (exact) mass is 403 g/mol. The topological polar surface area (TPSA) is 96.9 Å². The zero-order valence-corrected chi connectivity index (χ0v) is 16.3. The van der Waals surface area contributed by atoms with Crippen LogP contribution in [0.15, 0.2) is 53.7 Å². The van der Waals surface area contributed by atoms with Crippen molar-refractivity contribution in [2.75, 3.05) is 32.8 Å². The fraction of sp³-hybridized carbons (Fsp3) is 0.316. The number of carbonyl (C=O) groups is 2. The molecule has 1 fully saturated rings. The molecule has 9 heteroatoms. The van der Waals surface area contributed by atoms with Gasteiger partial charge in [0.15, 0.2) is 6.61 Å². The van der Waals surface area contributed by atoms with Gasteiger partial charge < -0.3 is 9.64 Å². The van der Waals surface area contributed by atoms with Crippen molar-refractivity contribution < 1.29 is 22.7 Å². The molecule has 2 heterocycles. The Morgan fingerprint density at radius 2 is 1.75 bits per heavy atom. The highest BCUT2D eigenvalue weighted by Gasteiger charge is 2.30. The maximum atomic E-state index is 12.7. The Kier molecular flexibility index (Phi) is 6.05. The molecular formula is C19H21N3O5S. The molecule has 0 atom stereocenters. The highest BCUT2D eigenvalue weighted by atomic mass is 32.2. The van der Waals surface area contributed by atoms with E-state index in [4.69, 9.17) is 4.74 Å². The van der Waals surface area contributed by atoms with Crippen LogP contribution in [0, 0.1) is 6.92 Å². The molecule has 0 aliphatic carbocycles. The van der Waals surface area contributed by atoms with Crippen LogP contribution in [0.2, 0.25) is 0 Å². The summed E-state index contributed by atoms with van der Waals surface area (Å²) >= 11 is 0. The lowest BCUT2D eigenvalue weighted by molar-refractivity contribution is -0.135. The number of rotatable bonds is 5. The Bertz CT molecular complexity index is 937. The van der Waals surface area contributed by atoms with Crippen molar-refractivity contribution in [1.82, 2.24) is 14.2 Å². The molecule has 1 aliphatic heterocycles. The molecule has 0 saturated carbocycles. The van der Waals surface area contributed by atoms with E-state index >= 15 is 0 Å². The molecule has 2 aromatic rings. The number of hydrogen-bond acceptors (Lipinski definition) is 6. The van der Waals surface area contributed by atoms with Crippen LogP contribution in [0.25, 0.3) is 0 Å². The first-order chi connectivity index (χ1) is 13.4. The number of sulfonamides is 1. The summed E-state index contributed by atoms with van der Waals surface area (Å²) in [6.45, 7) is 2.38. The third kappa shape index (κ3) is 4.55. The highest BCUT2D eigenvalue weighted by Crippen LogP contribution is 2.18. The van der Waals surface area contributed by atoms with E-state index in [0.29, 0.717) is 0 Å². The largest absolute Gasteiger partial charge is 0.452 e. The summed E-state index contributed by atoms with van der Waals surface area (Å²) in [4.78, 5) is 29.7. The second-order valence-corrected chi connectivity index (χ2v) is 8.35. The Labute approximate surface area is 163 Å². The number of pyridine rings is 1. The Morgan fingerprint density at radius 1 is 1.07 bits per heavy atom. The molecule has 3 rings (SSSR count). The zero-order valence-electron chi connectivity index (χ0n) is 15.4. The van der Waals surface area contributed by atoms with Gasteiger partial charge in [-0.3, -0.25) is 9.78 Å². The van der Waals surface area contributed by atoms with E-state index in [1.54, 1.807) is 36.4 Å². The minimum absolute atomic E-state index is 0.193. The van der Waals surface area contributed by atoms with Crippen molar-refractivity contribution in [3.05, 3.63) is 59.9 Å². The third-order valence-corrected chi connectivity index (χ3v) is 6.39. The summed E-state index contributed by atoms with van der Waals surface area (Å²) < 4.78 is 31.8. The SMILES string of the molecule is Cc1ccc(S(=O)(=O)N2CCN(C(=O)COC(=O)c3cccnc3)CC2)cc1. The van der Waals surface area contributed by atoms with Gasteiger partial charge >= 0.3 is 5.97 Å². The average molecular weight is 403 g/mol. The van der Waals surface area contributed by atoms with Crippen LogP contribution in [-0.2, 0) is 19.6 Å². The van der Waals surface area contributed by atoms with Crippen LogP contribution >= 0.6 is 0 Å². The maximum Gasteiger partial charge on any atom is 0.340 e. The molecule has 0 N–H and O–H groups in total. The summed E-state index contributed by atoms with van der Waals surface area (Å²) in [7, 11) is -3.59. The molecule has 1 saturated heterocycles. The van der Waals surface area contributed by atoms with Crippen LogP contribution in [-0.4, -0.2) is 67.3 Å². The first-order valence-corrected chi connectivity index (χ1v) is 10.2. The van der Waals surface area contributed by atoms with E-state index in [-0.39, 0.29) is 42.5 Å². The zero-order chi connectivity index (χ0) is 20.1. The second kappa shape index (κ2) is 8.49. The molecule has 1 aromatic heterocycles. The number of aryl methyl sites for hydroxylation is 1. The maximum absolute atomic E-state index is 12.7. The van der Waals surface area contributed by atoms with Gasteiger partial charge in [-0.25, -0.2) is 13.2 Å². The van der Waals surface area contributed by atoms with Crippen LogP contribution in [0.3, 0.4) is 0 Å². The Morgan fingerprint density at radius 3 is 2.36 bits per heavy atom. The number of carbonyl (C=O) groups excluding carboxylic acids is 2. The lowest BCUT2D eigenvalue weighted by Gasteiger charge is -2.33. The van der Waals surface area contributed by atoms with Gasteiger partial charge in [0, 0.05) is 38.6 Å². The van der Waals surface area contributed by atoms with Crippen molar-refractivity contribution in [3.63, 3.8) is 0 Å². The number of benzene rings is 1. The van der Waals surface area contributed by atoms with Crippen molar-refractivity contribution in [3.8, 4) is 0 Å². The standard InChI is InChI=1S/C19H21N3O5S/c1-15-4-6-17(7-5-15)28(25,26)22-11-9-21(10-12-22)18(23)14-27-19(24)16-3-2-8-20-13-16/h2-8,13H,9-12,14H2,1H3. The van der Waals surface area contributed by atoms with Gasteiger partial charge in [-0.1, -0.05) is 17.7 Å². The summed E-state index contributed by atoms with van der Waals surface area (Å²) in [5.74, 6) is -0.980. The predicted molar refractivity (Wildman–Crippen MR) is 101 cm³/mol. The molecule has 1 aromatic carbocycles. The Balaban J connectivity index is 1.52. The van der Waals surface area contributed by atoms with E-state index in [0.717, 1.165) is 5.56 Å². The predicted octanol–water partition coefficient (Wildman–Crippen LogP) is 1.08. The van der Waals surface area contributed by atoms with Crippen LogP contribution in [0.5, 0.6) is 0 Å². The van der Waals surface area contributed by atoms with Crippen molar-refractivity contribution in [2.45, 2.75) is 11.8 Å². The molecule has 1 amide bonds. The van der Waals surface area contributed by atoms with E-state index in [1.165, 1.54) is 21.6 Å². The second-order valence-electron chi connectivity index (χ2n) is 6.42. The van der Waals surface area contributed by atoms with Gasteiger partial charge in [0.2, 0.25) is 10.0 Å². The number of ether oxygens (including phenoxy) is 1. The normalized spacial score (nSPS) is 15.2. The van der Waals surface area contributed by atoms with Gasteiger partial charge in [0.25, 0.3) is 5.91 Å². The average Bonchev–Trinajstić information content (AvgIpc) is 2.73. The van der Waals surface area contributed by atoms with Crippen LogP contribution in [0.4, 0.5) is 0 Å². The molecule has 28 heavy (non-hydrogen) atoms. The fourth-order valence-electron chi connectivity index (χ4n) is 2.82. The van der Waals surface area contributed by atoms with Crippen molar-refractivity contribution in [1.29, 1.82) is 0 Å². The molecule has 0 spiro atoms. The summed E-state index contributed by atoms with van der Waals surface area (Å²) in [5, 5.41) is 0. The number of aromatic nitrogens is 1. The fourth-order valence-corrected chi connectivity index (χ4v) is 4.24. The minimum Gasteiger partial charge on any atom is -0.452 e. The molecule has 0 bridgehead atoms. The van der Waals surface area contributed by atoms with Crippen molar-refractivity contribution in [2.24, 2.45) is 0 Å². The van der Waals surface area contributed by atoms with Gasteiger partial charge in [0.1, 0.15) is 0 Å². The van der Waals surface area contributed by atoms with Gasteiger partial charge in [-0.2, -0.15) is 4.31 Å². The minimum atomic E-state index is -3.59. The van der Waals surface area contributed by atoms with Crippen molar-refractivity contribution >= 4 is 21.9 Å². The smallest absolute Gasteiger partial charge is 0.340 e. The lowest BCUT2D eigenvalue weighted by atomic mass is 10.2. The first kappa shape index (κ1) is 20.0. The van der Waals surface area contributed by atoms with Crippen LogP contribution < -0.4 is 0 Å². The van der Waals surface area contributed by atoms with E-state index in [1.807, 2.05) is 6.92 Å². The molecular weight excluding hydrogens is 382 g/mol. The highest BCUT2D eigenvalue weighted by molar-refractivity contribution is 7.89. The summed E-state index contributed by atoms with van der Waals surface area (Å²) in [6.07, 6.45) is 2.90. The van der Waals surface area contributed by atoms with E-state index < -0.39 is 22.6 Å². The van der Waals surface area contributed by atoms with E-state index in [2.05, 4.69) is 4.98 Å². The first-order valence-electron chi connectivity index (χ1n) is 8.79. The van der Waals surface area contributed by atoms with Gasteiger partial charge in [-0.05, 0) is 31.2 Å². The third-order valence-electron chi connectivity index (χ3n) is 4.47. The van der Waals surface area contributed by atoms with Crippen LogP contribution in [0.1, 0.15) is 15.9 Å². The number of amides is 1. The number of hydrogen-bond donors (Lipinski definition) is 0. The summed E-state index contributed by atoms with van der Waals surface area (Å²) in [5.41, 5.74) is 1.25.